The molecule has 28 heavy (non-hydrogen) atoms. The SMILES string of the molecule is CCNC(=NCc1ccc(OCc2ccccc2)cc1)N1CCC(COC)C1. The van der Waals surface area contributed by atoms with Crippen LogP contribution in [0, 0.1) is 5.92 Å². The maximum absolute atomic E-state index is 5.86. The lowest BCUT2D eigenvalue weighted by molar-refractivity contribution is 0.157. The number of benzene rings is 2. The zero-order valence-electron chi connectivity index (χ0n) is 16.9. The lowest BCUT2D eigenvalue weighted by Gasteiger charge is -2.21. The van der Waals surface area contributed by atoms with Gasteiger partial charge in [-0.05, 0) is 36.6 Å². The largest absolute Gasteiger partial charge is 0.489 e. The van der Waals surface area contributed by atoms with Crippen LogP contribution in [0.4, 0.5) is 0 Å². The number of ether oxygens (including phenoxy) is 2. The first-order valence-electron chi connectivity index (χ1n) is 10.1. The maximum Gasteiger partial charge on any atom is 0.194 e. The molecular weight excluding hydrogens is 350 g/mol. The van der Waals surface area contributed by atoms with Gasteiger partial charge in [0.2, 0.25) is 0 Å². The molecule has 1 heterocycles. The first-order valence-corrected chi connectivity index (χ1v) is 10.1. The predicted octanol–water partition coefficient (Wildman–Crippen LogP) is 3.70. The molecule has 3 rings (SSSR count). The maximum atomic E-state index is 5.86. The molecule has 1 atom stereocenters. The second-order valence-electron chi connectivity index (χ2n) is 7.14. The smallest absolute Gasteiger partial charge is 0.194 e. The van der Waals surface area contributed by atoms with Gasteiger partial charge in [0.25, 0.3) is 0 Å². The molecule has 1 N–H and O–H groups in total. The summed E-state index contributed by atoms with van der Waals surface area (Å²) in [7, 11) is 1.77. The normalized spacial score (nSPS) is 17.0. The van der Waals surface area contributed by atoms with E-state index in [1.807, 2.05) is 30.3 Å². The van der Waals surface area contributed by atoms with Crippen molar-refractivity contribution in [3.63, 3.8) is 0 Å². The van der Waals surface area contributed by atoms with Gasteiger partial charge in [0.05, 0.1) is 13.2 Å². The average Bonchev–Trinajstić information content (AvgIpc) is 3.20. The van der Waals surface area contributed by atoms with E-state index < -0.39 is 0 Å². The highest BCUT2D eigenvalue weighted by atomic mass is 16.5. The van der Waals surface area contributed by atoms with E-state index >= 15 is 0 Å². The number of hydrogen-bond acceptors (Lipinski definition) is 3. The van der Waals surface area contributed by atoms with Crippen LogP contribution in [0.1, 0.15) is 24.5 Å². The lowest BCUT2D eigenvalue weighted by atomic mass is 10.1. The Morgan fingerprint density at radius 1 is 1.11 bits per heavy atom. The third-order valence-corrected chi connectivity index (χ3v) is 4.91. The van der Waals surface area contributed by atoms with E-state index in [2.05, 4.69) is 41.4 Å². The van der Waals surface area contributed by atoms with Crippen LogP contribution in [0.2, 0.25) is 0 Å². The second kappa shape index (κ2) is 10.7. The van der Waals surface area contributed by atoms with Crippen molar-refractivity contribution in [2.75, 3.05) is 33.4 Å². The van der Waals surface area contributed by atoms with E-state index in [0.717, 1.165) is 44.4 Å². The Bertz CT molecular complexity index is 731. The summed E-state index contributed by atoms with van der Waals surface area (Å²) >= 11 is 0. The summed E-state index contributed by atoms with van der Waals surface area (Å²) < 4.78 is 11.2. The highest BCUT2D eigenvalue weighted by Crippen LogP contribution is 2.18. The van der Waals surface area contributed by atoms with Crippen molar-refractivity contribution in [2.45, 2.75) is 26.5 Å². The summed E-state index contributed by atoms with van der Waals surface area (Å²) in [4.78, 5) is 7.17. The van der Waals surface area contributed by atoms with E-state index in [1.54, 1.807) is 7.11 Å². The van der Waals surface area contributed by atoms with E-state index in [0.29, 0.717) is 19.1 Å². The molecule has 0 aromatic heterocycles. The molecule has 5 nitrogen and oxygen atoms in total. The monoisotopic (exact) mass is 381 g/mol. The summed E-state index contributed by atoms with van der Waals surface area (Å²) in [6, 6.07) is 18.4. The topological polar surface area (TPSA) is 46.1 Å². The Morgan fingerprint density at radius 2 is 1.89 bits per heavy atom. The van der Waals surface area contributed by atoms with Crippen LogP contribution < -0.4 is 10.1 Å². The molecule has 0 spiro atoms. The Labute approximate surface area is 168 Å². The van der Waals surface area contributed by atoms with E-state index in [9.17, 15) is 0 Å². The summed E-state index contributed by atoms with van der Waals surface area (Å²) in [5, 5.41) is 3.42. The van der Waals surface area contributed by atoms with Crippen molar-refractivity contribution in [3.8, 4) is 5.75 Å². The third kappa shape index (κ3) is 5.99. The summed E-state index contributed by atoms with van der Waals surface area (Å²) in [5.41, 5.74) is 2.35. The van der Waals surface area contributed by atoms with Crippen molar-refractivity contribution in [1.29, 1.82) is 0 Å². The predicted molar refractivity (Wildman–Crippen MR) is 114 cm³/mol. The number of rotatable bonds is 8. The minimum Gasteiger partial charge on any atom is -0.489 e. The number of nitrogens with zero attached hydrogens (tertiary/aromatic N) is 2. The number of aliphatic imine (C=N–C) groups is 1. The van der Waals surface area contributed by atoms with Gasteiger partial charge in [-0.1, -0.05) is 42.5 Å². The molecule has 5 heteroatoms. The molecule has 0 aliphatic carbocycles. The summed E-state index contributed by atoms with van der Waals surface area (Å²) in [6.45, 7) is 7.08. The minimum atomic E-state index is 0.584. The third-order valence-electron chi connectivity index (χ3n) is 4.91. The van der Waals surface area contributed by atoms with Gasteiger partial charge in [0, 0.05) is 32.7 Å². The standard InChI is InChI=1S/C23H31N3O2/c1-3-24-23(26-14-13-21(16-26)17-27-2)25-15-19-9-11-22(12-10-19)28-18-20-7-5-4-6-8-20/h4-12,21H,3,13-18H2,1-2H3,(H,24,25). The van der Waals surface area contributed by atoms with Crippen LogP contribution in [0.5, 0.6) is 5.75 Å². The lowest BCUT2D eigenvalue weighted by Crippen LogP contribution is -2.40. The van der Waals surface area contributed by atoms with E-state index in [-0.39, 0.29) is 0 Å². The molecule has 1 saturated heterocycles. The van der Waals surface area contributed by atoms with Crippen LogP contribution >= 0.6 is 0 Å². The minimum absolute atomic E-state index is 0.584. The van der Waals surface area contributed by atoms with Crippen LogP contribution in [0.15, 0.2) is 59.6 Å². The molecule has 2 aromatic rings. The Balaban J connectivity index is 1.54. The number of methoxy groups -OCH3 is 1. The van der Waals surface area contributed by atoms with Crippen molar-refractivity contribution in [2.24, 2.45) is 10.9 Å². The van der Waals surface area contributed by atoms with Crippen molar-refractivity contribution in [3.05, 3.63) is 65.7 Å². The average molecular weight is 382 g/mol. The molecule has 1 aliphatic rings. The first kappa shape index (κ1) is 20.2. The van der Waals surface area contributed by atoms with Gasteiger partial charge in [0.15, 0.2) is 5.96 Å². The van der Waals surface area contributed by atoms with E-state index in [1.165, 1.54) is 11.1 Å². The highest BCUT2D eigenvalue weighted by molar-refractivity contribution is 5.80. The fraction of sp³-hybridized carbons (Fsp3) is 0.435. The molecule has 0 saturated carbocycles. The van der Waals surface area contributed by atoms with Gasteiger partial charge in [-0.2, -0.15) is 0 Å². The Morgan fingerprint density at radius 3 is 2.61 bits per heavy atom. The van der Waals surface area contributed by atoms with Gasteiger partial charge >= 0.3 is 0 Å². The van der Waals surface area contributed by atoms with E-state index in [4.69, 9.17) is 14.5 Å². The Kier molecular flexibility index (Phi) is 7.73. The highest BCUT2D eigenvalue weighted by Gasteiger charge is 2.24. The molecule has 1 aliphatic heterocycles. The fourth-order valence-electron chi connectivity index (χ4n) is 3.42. The molecule has 2 aromatic carbocycles. The number of hydrogen-bond donors (Lipinski definition) is 1. The van der Waals surface area contributed by atoms with Gasteiger partial charge in [-0.25, -0.2) is 4.99 Å². The van der Waals surface area contributed by atoms with Crippen molar-refractivity contribution < 1.29 is 9.47 Å². The Hall–Kier alpha value is -2.53. The number of guanidine groups is 1. The number of nitrogens with one attached hydrogen (secondary N) is 1. The molecule has 1 unspecified atom stereocenters. The molecule has 0 bridgehead atoms. The molecule has 0 radical (unpaired) electrons. The van der Waals surface area contributed by atoms with Crippen molar-refractivity contribution in [1.82, 2.24) is 10.2 Å². The zero-order valence-corrected chi connectivity index (χ0v) is 16.9. The van der Waals surface area contributed by atoms with Gasteiger partial charge in [-0.3, -0.25) is 0 Å². The summed E-state index contributed by atoms with van der Waals surface area (Å²) in [6.07, 6.45) is 1.16. The fourth-order valence-corrected chi connectivity index (χ4v) is 3.42. The quantitative estimate of drug-likeness (QED) is 0.559. The van der Waals surface area contributed by atoms with Gasteiger partial charge in [0.1, 0.15) is 12.4 Å². The van der Waals surface area contributed by atoms with Crippen LogP contribution in [-0.2, 0) is 17.9 Å². The molecule has 1 fully saturated rings. The molecular formula is C23H31N3O2. The van der Waals surface area contributed by atoms with Crippen molar-refractivity contribution >= 4 is 5.96 Å². The van der Waals surface area contributed by atoms with Crippen LogP contribution in [0.3, 0.4) is 0 Å². The van der Waals surface area contributed by atoms with Gasteiger partial charge in [-0.15, -0.1) is 0 Å². The molecule has 150 valence electrons. The van der Waals surface area contributed by atoms with Crippen LogP contribution in [0.25, 0.3) is 0 Å². The first-order chi connectivity index (χ1) is 13.8. The summed E-state index contributed by atoms with van der Waals surface area (Å²) in [5.74, 6) is 2.46. The zero-order chi connectivity index (χ0) is 19.6. The number of likely N-dealkylation sites (tertiary alicyclic amines) is 1. The van der Waals surface area contributed by atoms with Gasteiger partial charge < -0.3 is 19.7 Å². The second-order valence-corrected chi connectivity index (χ2v) is 7.14. The van der Waals surface area contributed by atoms with Crippen LogP contribution in [-0.4, -0.2) is 44.2 Å². The molecule has 0 amide bonds.